The third-order valence-corrected chi connectivity index (χ3v) is 3.75. The van der Waals surface area contributed by atoms with Crippen LogP contribution >= 0.6 is 11.3 Å². The number of hydrogen-bond acceptors (Lipinski definition) is 4. The van der Waals surface area contributed by atoms with Gasteiger partial charge in [-0.15, -0.1) is 11.3 Å². The number of esters is 1. The fourth-order valence-electron chi connectivity index (χ4n) is 1.63. The fraction of sp³-hybridized carbons (Fsp3) is 0.154. The minimum Gasteiger partial charge on any atom is -0.465 e. The van der Waals surface area contributed by atoms with Crippen LogP contribution in [0.4, 0.5) is 10.1 Å². The summed E-state index contributed by atoms with van der Waals surface area (Å²) in [5, 5.41) is 0. The third-order valence-electron chi connectivity index (χ3n) is 2.59. The van der Waals surface area contributed by atoms with Crippen LogP contribution < -0.4 is 5.73 Å². The Labute approximate surface area is 108 Å². The van der Waals surface area contributed by atoms with Gasteiger partial charge in [-0.2, -0.15) is 0 Å². The number of hydrogen-bond donors (Lipinski definition) is 1. The molecule has 0 spiro atoms. The minimum atomic E-state index is -0.503. The molecule has 1 heterocycles. The van der Waals surface area contributed by atoms with Gasteiger partial charge in [0.15, 0.2) is 0 Å². The van der Waals surface area contributed by atoms with Crippen molar-refractivity contribution < 1.29 is 13.9 Å². The molecular formula is C13H12FNO2S. The molecule has 0 fully saturated rings. The summed E-state index contributed by atoms with van der Waals surface area (Å²) in [6.07, 6.45) is 0. The second-order valence-corrected chi connectivity index (χ2v) is 4.88. The zero-order chi connectivity index (χ0) is 13.3. The maximum absolute atomic E-state index is 14.0. The highest BCUT2D eigenvalue weighted by Gasteiger charge is 2.17. The Morgan fingerprint density at radius 2 is 2.17 bits per heavy atom. The second kappa shape index (κ2) is 4.78. The van der Waals surface area contributed by atoms with Gasteiger partial charge in [-0.05, 0) is 18.6 Å². The standard InChI is InChI=1S/C13H12FNO2S/c1-7-4-3-5-8(11(7)14)10-6-9(15)12(18-10)13(16)17-2/h3-6H,15H2,1-2H3. The molecule has 0 amide bonds. The topological polar surface area (TPSA) is 52.3 Å². The van der Waals surface area contributed by atoms with Crippen LogP contribution in [0.1, 0.15) is 15.2 Å². The number of rotatable bonds is 2. The maximum atomic E-state index is 14.0. The van der Waals surface area contributed by atoms with Crippen LogP contribution in [0.3, 0.4) is 0 Å². The number of thiophene rings is 1. The van der Waals surface area contributed by atoms with Gasteiger partial charge in [0.1, 0.15) is 10.7 Å². The lowest BCUT2D eigenvalue weighted by Gasteiger charge is -2.02. The van der Waals surface area contributed by atoms with Crippen LogP contribution in [0, 0.1) is 12.7 Å². The van der Waals surface area contributed by atoms with Gasteiger partial charge in [0.25, 0.3) is 0 Å². The normalized spacial score (nSPS) is 10.4. The maximum Gasteiger partial charge on any atom is 0.350 e. The summed E-state index contributed by atoms with van der Waals surface area (Å²) in [6, 6.07) is 6.71. The molecule has 0 aliphatic heterocycles. The van der Waals surface area contributed by atoms with Gasteiger partial charge in [0.05, 0.1) is 12.8 Å². The molecule has 0 unspecified atom stereocenters. The van der Waals surface area contributed by atoms with Gasteiger partial charge < -0.3 is 10.5 Å². The zero-order valence-corrected chi connectivity index (χ0v) is 10.8. The van der Waals surface area contributed by atoms with E-state index in [0.29, 0.717) is 26.6 Å². The van der Waals surface area contributed by atoms with Crippen LogP contribution in [0.25, 0.3) is 10.4 Å². The zero-order valence-electron chi connectivity index (χ0n) is 9.99. The van der Waals surface area contributed by atoms with E-state index in [-0.39, 0.29) is 5.82 Å². The molecular weight excluding hydrogens is 253 g/mol. The summed E-state index contributed by atoms with van der Waals surface area (Å²) in [5.41, 5.74) is 7.04. The first-order chi connectivity index (χ1) is 8.54. The molecule has 3 nitrogen and oxygen atoms in total. The largest absolute Gasteiger partial charge is 0.465 e. The predicted molar refractivity (Wildman–Crippen MR) is 70.2 cm³/mol. The molecule has 0 aliphatic rings. The molecule has 2 N–H and O–H groups in total. The van der Waals surface area contributed by atoms with Crippen molar-refractivity contribution in [1.29, 1.82) is 0 Å². The third kappa shape index (κ3) is 2.09. The average Bonchev–Trinajstić information content (AvgIpc) is 2.73. The van der Waals surface area contributed by atoms with Crippen molar-refractivity contribution in [2.45, 2.75) is 6.92 Å². The molecule has 18 heavy (non-hydrogen) atoms. The molecule has 5 heteroatoms. The summed E-state index contributed by atoms with van der Waals surface area (Å²) < 4.78 is 18.6. The van der Waals surface area contributed by atoms with Crippen molar-refractivity contribution in [2.24, 2.45) is 0 Å². The highest BCUT2D eigenvalue weighted by atomic mass is 32.1. The highest BCUT2D eigenvalue weighted by molar-refractivity contribution is 7.18. The van der Waals surface area contributed by atoms with Gasteiger partial charge in [0.2, 0.25) is 0 Å². The number of nitrogen functional groups attached to an aromatic ring is 1. The monoisotopic (exact) mass is 265 g/mol. The average molecular weight is 265 g/mol. The lowest BCUT2D eigenvalue weighted by molar-refractivity contribution is 0.0607. The SMILES string of the molecule is COC(=O)c1sc(-c2cccc(C)c2F)cc1N. The Balaban J connectivity index is 2.53. The molecule has 94 valence electrons. The number of nitrogens with two attached hydrogens (primary N) is 1. The number of anilines is 1. The van der Waals surface area contributed by atoms with Crippen LogP contribution in [0.5, 0.6) is 0 Å². The van der Waals surface area contributed by atoms with E-state index in [2.05, 4.69) is 4.74 Å². The Bertz CT molecular complexity index is 607. The Hall–Kier alpha value is -1.88. The number of carbonyl (C=O) groups is 1. The minimum absolute atomic E-state index is 0.296. The predicted octanol–water partition coefficient (Wildman–Crippen LogP) is 3.23. The van der Waals surface area contributed by atoms with Crippen molar-refractivity contribution in [2.75, 3.05) is 12.8 Å². The fourth-order valence-corrected chi connectivity index (χ4v) is 2.64. The summed E-state index contributed by atoms with van der Waals surface area (Å²) >= 11 is 1.13. The van der Waals surface area contributed by atoms with Crippen molar-refractivity contribution in [3.8, 4) is 10.4 Å². The van der Waals surface area contributed by atoms with Gasteiger partial charge in [0, 0.05) is 10.4 Å². The highest BCUT2D eigenvalue weighted by Crippen LogP contribution is 2.35. The Morgan fingerprint density at radius 3 is 2.83 bits per heavy atom. The number of aryl methyl sites for hydroxylation is 1. The summed E-state index contributed by atoms with van der Waals surface area (Å²) in [4.78, 5) is 12.4. The molecule has 0 saturated heterocycles. The smallest absolute Gasteiger partial charge is 0.350 e. The number of benzene rings is 1. The van der Waals surface area contributed by atoms with E-state index in [1.165, 1.54) is 7.11 Å². The van der Waals surface area contributed by atoms with E-state index in [4.69, 9.17) is 5.73 Å². The summed E-state index contributed by atoms with van der Waals surface area (Å²) in [5.74, 6) is -0.799. The number of ether oxygens (including phenoxy) is 1. The number of carbonyl (C=O) groups excluding carboxylic acids is 1. The van der Waals surface area contributed by atoms with E-state index in [1.54, 1.807) is 31.2 Å². The van der Waals surface area contributed by atoms with Crippen LogP contribution in [0.15, 0.2) is 24.3 Å². The first-order valence-corrected chi connectivity index (χ1v) is 6.09. The lowest BCUT2D eigenvalue weighted by Crippen LogP contribution is -2.00. The lowest BCUT2D eigenvalue weighted by atomic mass is 10.1. The van der Waals surface area contributed by atoms with Crippen molar-refractivity contribution >= 4 is 23.0 Å². The molecule has 1 aromatic heterocycles. The van der Waals surface area contributed by atoms with Crippen molar-refractivity contribution in [1.82, 2.24) is 0 Å². The van der Waals surface area contributed by atoms with E-state index < -0.39 is 5.97 Å². The van der Waals surface area contributed by atoms with Crippen molar-refractivity contribution in [3.05, 3.63) is 40.5 Å². The molecule has 0 radical (unpaired) electrons. The van der Waals surface area contributed by atoms with Crippen LogP contribution in [-0.4, -0.2) is 13.1 Å². The van der Waals surface area contributed by atoms with Gasteiger partial charge in [-0.1, -0.05) is 18.2 Å². The first-order valence-electron chi connectivity index (χ1n) is 5.27. The van der Waals surface area contributed by atoms with E-state index in [0.717, 1.165) is 11.3 Å². The number of halogens is 1. The molecule has 2 rings (SSSR count). The summed E-state index contributed by atoms with van der Waals surface area (Å²) in [6.45, 7) is 1.69. The van der Waals surface area contributed by atoms with E-state index >= 15 is 0 Å². The molecule has 1 aromatic carbocycles. The van der Waals surface area contributed by atoms with Gasteiger partial charge >= 0.3 is 5.97 Å². The first kappa shape index (κ1) is 12.6. The van der Waals surface area contributed by atoms with Gasteiger partial charge in [-0.3, -0.25) is 0 Å². The molecule has 0 aliphatic carbocycles. The van der Waals surface area contributed by atoms with E-state index in [9.17, 15) is 9.18 Å². The Morgan fingerprint density at radius 1 is 1.44 bits per heavy atom. The number of methoxy groups -OCH3 is 1. The van der Waals surface area contributed by atoms with Gasteiger partial charge in [-0.25, -0.2) is 9.18 Å². The summed E-state index contributed by atoms with van der Waals surface area (Å²) in [7, 11) is 1.29. The molecule has 0 atom stereocenters. The van der Waals surface area contributed by atoms with Crippen LogP contribution in [-0.2, 0) is 4.74 Å². The van der Waals surface area contributed by atoms with Crippen molar-refractivity contribution in [3.63, 3.8) is 0 Å². The second-order valence-electron chi connectivity index (χ2n) is 3.82. The van der Waals surface area contributed by atoms with Crippen LogP contribution in [0.2, 0.25) is 0 Å². The molecule has 2 aromatic rings. The quantitative estimate of drug-likeness (QED) is 0.848. The molecule has 0 saturated carbocycles. The Kier molecular flexibility index (Phi) is 3.34. The molecule has 0 bridgehead atoms. The van der Waals surface area contributed by atoms with E-state index in [1.807, 2.05) is 0 Å².